The molecule has 1 fully saturated rings. The highest BCUT2D eigenvalue weighted by Crippen LogP contribution is 2.22. The minimum Gasteiger partial charge on any atom is -0.343 e. The predicted molar refractivity (Wildman–Crippen MR) is 105 cm³/mol. The van der Waals surface area contributed by atoms with E-state index in [9.17, 15) is 4.79 Å². The summed E-state index contributed by atoms with van der Waals surface area (Å²) in [5, 5.41) is 0. The van der Waals surface area contributed by atoms with E-state index >= 15 is 0 Å². The van der Waals surface area contributed by atoms with E-state index in [1.54, 1.807) is 0 Å². The largest absolute Gasteiger partial charge is 0.343 e. The van der Waals surface area contributed by atoms with Crippen LogP contribution in [0.1, 0.15) is 37.7 Å². The predicted octanol–water partition coefficient (Wildman–Crippen LogP) is 4.57. The molecule has 1 N–H and O–H groups in total. The highest BCUT2D eigenvalue weighted by atomic mass is 16.2. The number of fused-ring (bicyclic) bond motifs is 1. The lowest BCUT2D eigenvalue weighted by Crippen LogP contribution is -2.31. The molecule has 1 saturated heterocycles. The van der Waals surface area contributed by atoms with Crippen molar-refractivity contribution in [2.45, 2.75) is 38.5 Å². The first-order chi connectivity index (χ1) is 12.8. The number of carbonyl (C=O) groups is 1. The van der Waals surface area contributed by atoms with Crippen LogP contribution in [0.4, 0.5) is 0 Å². The fraction of sp³-hybridized carbons (Fsp3) is 0.364. The second-order valence-corrected chi connectivity index (χ2v) is 7.10. The molecule has 2 heterocycles. The minimum absolute atomic E-state index is 0.293. The van der Waals surface area contributed by atoms with E-state index in [0.29, 0.717) is 12.3 Å². The van der Waals surface area contributed by atoms with Crippen molar-refractivity contribution in [3.05, 3.63) is 54.1 Å². The maximum absolute atomic E-state index is 12.5. The summed E-state index contributed by atoms with van der Waals surface area (Å²) in [6.45, 7) is 1.86. The molecular weight excluding hydrogens is 322 g/mol. The van der Waals surface area contributed by atoms with Crippen LogP contribution in [-0.2, 0) is 11.2 Å². The van der Waals surface area contributed by atoms with Gasteiger partial charge in [0.2, 0.25) is 5.91 Å². The van der Waals surface area contributed by atoms with Gasteiger partial charge in [0.1, 0.15) is 5.82 Å². The number of benzene rings is 2. The Hall–Kier alpha value is -2.62. The molecule has 0 atom stereocenters. The molecule has 0 unspecified atom stereocenters. The number of H-pyrrole nitrogens is 1. The number of likely N-dealkylation sites (tertiary alicyclic amines) is 1. The van der Waals surface area contributed by atoms with Gasteiger partial charge in [0.25, 0.3) is 0 Å². The molecule has 1 aliphatic rings. The summed E-state index contributed by atoms with van der Waals surface area (Å²) in [7, 11) is 0. The van der Waals surface area contributed by atoms with E-state index in [0.717, 1.165) is 54.8 Å². The molecule has 1 aromatic heterocycles. The maximum Gasteiger partial charge on any atom is 0.222 e. The summed E-state index contributed by atoms with van der Waals surface area (Å²) in [6.07, 6.45) is 6.17. The molecule has 4 nitrogen and oxygen atoms in total. The van der Waals surface area contributed by atoms with Crippen molar-refractivity contribution in [2.75, 3.05) is 13.1 Å². The van der Waals surface area contributed by atoms with Crippen molar-refractivity contribution in [3.8, 4) is 11.4 Å². The van der Waals surface area contributed by atoms with Gasteiger partial charge in [0, 0.05) is 25.1 Å². The van der Waals surface area contributed by atoms with Crippen molar-refractivity contribution in [1.82, 2.24) is 14.9 Å². The second kappa shape index (κ2) is 7.73. The van der Waals surface area contributed by atoms with Gasteiger partial charge in [-0.1, -0.05) is 49.2 Å². The van der Waals surface area contributed by atoms with Gasteiger partial charge in [-0.3, -0.25) is 4.79 Å². The SMILES string of the molecule is O=C(CCc1ccc2nc(-c3ccccc3)[nH]c2c1)N1CCCCCC1. The molecule has 1 aliphatic heterocycles. The van der Waals surface area contributed by atoms with Crippen LogP contribution < -0.4 is 0 Å². The van der Waals surface area contributed by atoms with Gasteiger partial charge in [-0.05, 0) is 37.0 Å². The summed E-state index contributed by atoms with van der Waals surface area (Å²) >= 11 is 0. The van der Waals surface area contributed by atoms with Gasteiger partial charge < -0.3 is 9.88 Å². The van der Waals surface area contributed by atoms with Crippen LogP contribution in [0.5, 0.6) is 0 Å². The summed E-state index contributed by atoms with van der Waals surface area (Å²) in [5.41, 5.74) is 4.26. The van der Waals surface area contributed by atoms with E-state index in [1.807, 2.05) is 24.3 Å². The third kappa shape index (κ3) is 3.79. The lowest BCUT2D eigenvalue weighted by molar-refractivity contribution is -0.131. The first-order valence-corrected chi connectivity index (χ1v) is 9.61. The van der Waals surface area contributed by atoms with Gasteiger partial charge in [0.15, 0.2) is 0 Å². The Morgan fingerprint density at radius 1 is 1.00 bits per heavy atom. The molecule has 4 heteroatoms. The zero-order valence-corrected chi connectivity index (χ0v) is 15.1. The number of aryl methyl sites for hydroxylation is 1. The van der Waals surface area contributed by atoms with Crippen molar-refractivity contribution >= 4 is 16.9 Å². The number of amides is 1. The molecule has 4 rings (SSSR count). The molecule has 0 aliphatic carbocycles. The van der Waals surface area contributed by atoms with Crippen molar-refractivity contribution in [3.63, 3.8) is 0 Å². The molecule has 26 heavy (non-hydrogen) atoms. The standard InChI is InChI=1S/C22H25N3O/c26-21(25-14-6-1-2-7-15-25)13-11-17-10-12-19-20(16-17)24-22(23-19)18-8-4-3-5-9-18/h3-5,8-10,12,16H,1-2,6-7,11,13-15H2,(H,23,24). The van der Waals surface area contributed by atoms with E-state index < -0.39 is 0 Å². The average Bonchev–Trinajstić information content (AvgIpc) is 2.91. The van der Waals surface area contributed by atoms with Crippen LogP contribution in [0, 0.1) is 0 Å². The second-order valence-electron chi connectivity index (χ2n) is 7.10. The third-order valence-electron chi connectivity index (χ3n) is 5.18. The number of hydrogen-bond donors (Lipinski definition) is 1. The smallest absolute Gasteiger partial charge is 0.222 e. The zero-order valence-electron chi connectivity index (χ0n) is 15.1. The lowest BCUT2D eigenvalue weighted by atomic mass is 10.1. The van der Waals surface area contributed by atoms with Crippen molar-refractivity contribution in [1.29, 1.82) is 0 Å². The number of nitrogens with one attached hydrogen (secondary N) is 1. The number of rotatable bonds is 4. The van der Waals surface area contributed by atoms with Crippen LogP contribution >= 0.6 is 0 Å². The van der Waals surface area contributed by atoms with E-state index in [2.05, 4.69) is 39.1 Å². The van der Waals surface area contributed by atoms with Gasteiger partial charge in [-0.2, -0.15) is 0 Å². The van der Waals surface area contributed by atoms with Gasteiger partial charge >= 0.3 is 0 Å². The van der Waals surface area contributed by atoms with Crippen LogP contribution in [0.3, 0.4) is 0 Å². The summed E-state index contributed by atoms with van der Waals surface area (Å²) in [5.74, 6) is 1.18. The number of carbonyl (C=O) groups excluding carboxylic acids is 1. The Kier molecular flexibility index (Phi) is 5.00. The lowest BCUT2D eigenvalue weighted by Gasteiger charge is -2.20. The Morgan fingerprint density at radius 3 is 2.54 bits per heavy atom. The van der Waals surface area contributed by atoms with Crippen LogP contribution in [0.2, 0.25) is 0 Å². The molecule has 0 radical (unpaired) electrons. The van der Waals surface area contributed by atoms with Gasteiger partial charge in [-0.25, -0.2) is 4.98 Å². The van der Waals surface area contributed by atoms with Crippen LogP contribution in [0.15, 0.2) is 48.5 Å². The average molecular weight is 347 g/mol. The Balaban J connectivity index is 1.44. The fourth-order valence-electron chi connectivity index (χ4n) is 3.67. The van der Waals surface area contributed by atoms with Crippen LogP contribution in [0.25, 0.3) is 22.4 Å². The molecule has 134 valence electrons. The first-order valence-electron chi connectivity index (χ1n) is 9.61. The van der Waals surface area contributed by atoms with E-state index in [4.69, 9.17) is 0 Å². The Morgan fingerprint density at radius 2 is 1.77 bits per heavy atom. The fourth-order valence-corrected chi connectivity index (χ4v) is 3.67. The number of aromatic nitrogens is 2. The Labute approximate surface area is 154 Å². The quantitative estimate of drug-likeness (QED) is 0.752. The molecule has 0 bridgehead atoms. The molecule has 1 amide bonds. The van der Waals surface area contributed by atoms with Gasteiger partial charge in [0.05, 0.1) is 11.0 Å². The van der Waals surface area contributed by atoms with Crippen molar-refractivity contribution in [2.24, 2.45) is 0 Å². The maximum atomic E-state index is 12.5. The zero-order chi connectivity index (χ0) is 17.8. The van der Waals surface area contributed by atoms with E-state index in [-0.39, 0.29) is 0 Å². The highest BCUT2D eigenvalue weighted by molar-refractivity contribution is 5.80. The topological polar surface area (TPSA) is 49.0 Å². The monoisotopic (exact) mass is 347 g/mol. The minimum atomic E-state index is 0.293. The first kappa shape index (κ1) is 16.8. The molecule has 2 aromatic carbocycles. The highest BCUT2D eigenvalue weighted by Gasteiger charge is 2.15. The molecular formula is C22H25N3O. The number of imidazole rings is 1. The normalized spacial score (nSPS) is 15.2. The third-order valence-corrected chi connectivity index (χ3v) is 5.18. The molecule has 0 saturated carbocycles. The van der Waals surface area contributed by atoms with Crippen molar-refractivity contribution < 1.29 is 4.79 Å². The summed E-state index contributed by atoms with van der Waals surface area (Å²) < 4.78 is 0. The van der Waals surface area contributed by atoms with E-state index in [1.165, 1.54) is 18.4 Å². The van der Waals surface area contributed by atoms with Gasteiger partial charge in [-0.15, -0.1) is 0 Å². The number of nitrogens with zero attached hydrogens (tertiary/aromatic N) is 2. The Bertz CT molecular complexity index is 877. The number of hydrogen-bond acceptors (Lipinski definition) is 2. The summed E-state index contributed by atoms with van der Waals surface area (Å²) in [4.78, 5) is 22.6. The number of aromatic amines is 1. The molecule has 0 spiro atoms. The summed E-state index contributed by atoms with van der Waals surface area (Å²) in [6, 6.07) is 16.4. The molecule has 3 aromatic rings. The van der Waals surface area contributed by atoms with Crippen LogP contribution in [-0.4, -0.2) is 33.9 Å².